The molecule has 0 unspecified atom stereocenters. The molecule has 1 aliphatic carbocycles. The number of anilines is 3. The Morgan fingerprint density at radius 1 is 0.319 bits per heavy atom. The SMILES string of the molecule is C1=C(c2cccc(N(c3ccccc3-c3cc(-c4ccccc4)cc(-n4c5ccccc5c5cc6ccccc6cc54)c3)c3ccc(-c4cccc5ccccc45)c4ccccc34)c2)c2ccccc2CC1. The molecule has 1 aliphatic rings. The van der Waals surface area contributed by atoms with E-state index in [1.165, 1.54) is 93.1 Å². The summed E-state index contributed by atoms with van der Waals surface area (Å²) in [4.78, 5) is 2.52. The molecule has 1 heterocycles. The molecule has 14 rings (SSSR count). The molecule has 2 nitrogen and oxygen atoms in total. The molecule has 1 aromatic heterocycles. The summed E-state index contributed by atoms with van der Waals surface area (Å²) in [6.07, 6.45) is 4.51. The molecule has 0 atom stereocenters. The van der Waals surface area contributed by atoms with E-state index in [-0.39, 0.29) is 0 Å². The van der Waals surface area contributed by atoms with E-state index in [1.807, 2.05) is 0 Å². The standard InChI is InChI=1S/C70H48N2/c1-2-19-47(20-3-1)53-41-54(44-56(43-53)72-68-38-15-13-34-65(68)66-45-50-23-4-5-24-51(50)46-70(66)72)60-31-12-14-37-67(60)71(55-28-16-27-52(42-55)59-35-17-25-48-21-6-8-29-57(48)59)69-40-39-63(62-32-10-11-33-64(62)69)61-36-18-26-49-22-7-9-30-58(49)61/h1-16,18-24,26-46H,17,25H2. The third-order valence-electron chi connectivity index (χ3n) is 15.0. The first-order valence-corrected chi connectivity index (χ1v) is 25.1. The monoisotopic (exact) mass is 916 g/mol. The average molecular weight is 917 g/mol. The van der Waals surface area contributed by atoms with Crippen LogP contribution < -0.4 is 4.90 Å². The topological polar surface area (TPSA) is 8.17 Å². The van der Waals surface area contributed by atoms with Gasteiger partial charge in [0, 0.05) is 33.1 Å². The van der Waals surface area contributed by atoms with E-state index in [0.717, 1.165) is 52.3 Å². The quantitative estimate of drug-likeness (QED) is 0.147. The molecule has 0 amide bonds. The number of benzene rings is 12. The van der Waals surface area contributed by atoms with Gasteiger partial charge in [0.05, 0.1) is 22.4 Å². The number of aromatic nitrogens is 1. The molecule has 2 heteroatoms. The van der Waals surface area contributed by atoms with Gasteiger partial charge in [-0.25, -0.2) is 0 Å². The van der Waals surface area contributed by atoms with Gasteiger partial charge in [0.25, 0.3) is 0 Å². The molecule has 12 aromatic carbocycles. The summed E-state index contributed by atoms with van der Waals surface area (Å²) in [7, 11) is 0. The Balaban J connectivity index is 1.03. The number of fused-ring (bicyclic) bond motifs is 7. The lowest BCUT2D eigenvalue weighted by atomic mass is 9.87. The van der Waals surface area contributed by atoms with E-state index in [1.54, 1.807) is 0 Å². The third kappa shape index (κ3) is 7.02. The maximum Gasteiger partial charge on any atom is 0.0547 e. The second kappa shape index (κ2) is 17.3. The van der Waals surface area contributed by atoms with Crippen molar-refractivity contribution in [3.8, 4) is 39.1 Å². The average Bonchev–Trinajstić information content (AvgIpc) is 3.77. The largest absolute Gasteiger partial charge is 0.309 e. The summed E-state index contributed by atoms with van der Waals surface area (Å²) >= 11 is 0. The first-order chi connectivity index (χ1) is 35.7. The zero-order chi connectivity index (χ0) is 47.5. The molecule has 0 saturated carbocycles. The van der Waals surface area contributed by atoms with Crippen molar-refractivity contribution in [2.45, 2.75) is 12.8 Å². The predicted octanol–water partition coefficient (Wildman–Crippen LogP) is 19.1. The number of nitrogens with zero attached hydrogens (tertiary/aromatic N) is 2. The first-order valence-electron chi connectivity index (χ1n) is 25.1. The van der Waals surface area contributed by atoms with E-state index >= 15 is 0 Å². The number of hydrogen-bond donors (Lipinski definition) is 0. The van der Waals surface area contributed by atoms with Crippen LogP contribution in [-0.4, -0.2) is 4.57 Å². The van der Waals surface area contributed by atoms with Crippen LogP contribution in [0.4, 0.5) is 17.1 Å². The fourth-order valence-electron chi connectivity index (χ4n) is 11.7. The minimum absolute atomic E-state index is 1.02. The molecular formula is C70H48N2. The Morgan fingerprint density at radius 3 is 1.82 bits per heavy atom. The van der Waals surface area contributed by atoms with Crippen LogP contribution in [0.2, 0.25) is 0 Å². The van der Waals surface area contributed by atoms with E-state index < -0.39 is 0 Å². The van der Waals surface area contributed by atoms with Gasteiger partial charge in [-0.3, -0.25) is 0 Å². The zero-order valence-corrected chi connectivity index (χ0v) is 39.7. The highest BCUT2D eigenvalue weighted by atomic mass is 15.1. The van der Waals surface area contributed by atoms with Crippen LogP contribution in [0.1, 0.15) is 23.1 Å². The van der Waals surface area contributed by atoms with Gasteiger partial charge in [-0.2, -0.15) is 0 Å². The van der Waals surface area contributed by atoms with Crippen molar-refractivity contribution in [1.29, 1.82) is 0 Å². The third-order valence-corrected chi connectivity index (χ3v) is 15.0. The number of rotatable bonds is 8. The molecule has 0 saturated heterocycles. The normalized spacial score (nSPS) is 12.4. The van der Waals surface area contributed by atoms with Crippen molar-refractivity contribution >= 4 is 76.8 Å². The van der Waals surface area contributed by atoms with Crippen molar-refractivity contribution in [2.24, 2.45) is 0 Å². The maximum absolute atomic E-state index is 2.52. The second-order valence-corrected chi connectivity index (χ2v) is 19.1. The van der Waals surface area contributed by atoms with Crippen molar-refractivity contribution in [1.82, 2.24) is 4.57 Å². The van der Waals surface area contributed by atoms with Crippen LogP contribution in [0.3, 0.4) is 0 Å². The van der Waals surface area contributed by atoms with Crippen LogP contribution in [0.15, 0.2) is 267 Å². The van der Waals surface area contributed by atoms with Gasteiger partial charge in [-0.05, 0) is 151 Å². The lowest BCUT2D eigenvalue weighted by Crippen LogP contribution is -2.12. The molecule has 0 radical (unpaired) electrons. The number of aryl methyl sites for hydroxylation is 1. The van der Waals surface area contributed by atoms with E-state index in [2.05, 4.69) is 276 Å². The highest BCUT2D eigenvalue weighted by molar-refractivity contribution is 6.14. The Kier molecular flexibility index (Phi) is 10.0. The van der Waals surface area contributed by atoms with Gasteiger partial charge < -0.3 is 9.47 Å². The highest BCUT2D eigenvalue weighted by Crippen LogP contribution is 2.48. The lowest BCUT2D eigenvalue weighted by molar-refractivity contribution is 0.977. The molecule has 0 aliphatic heterocycles. The number of hydrogen-bond acceptors (Lipinski definition) is 1. The van der Waals surface area contributed by atoms with Crippen molar-refractivity contribution in [3.05, 3.63) is 284 Å². The molecule has 0 N–H and O–H groups in total. The number of para-hydroxylation sites is 2. The minimum atomic E-state index is 1.02. The molecule has 0 fully saturated rings. The van der Waals surface area contributed by atoms with Crippen LogP contribution in [0, 0.1) is 0 Å². The molecule has 72 heavy (non-hydrogen) atoms. The summed E-state index contributed by atoms with van der Waals surface area (Å²) in [5.41, 5.74) is 19.1. The van der Waals surface area contributed by atoms with Gasteiger partial charge in [-0.1, -0.05) is 206 Å². The van der Waals surface area contributed by atoms with E-state index in [0.29, 0.717) is 0 Å². The Bertz CT molecular complexity index is 4280. The van der Waals surface area contributed by atoms with Crippen molar-refractivity contribution in [3.63, 3.8) is 0 Å². The van der Waals surface area contributed by atoms with Crippen LogP contribution in [0.25, 0.3) is 98.8 Å². The summed E-state index contributed by atoms with van der Waals surface area (Å²) in [6, 6.07) is 96.6. The van der Waals surface area contributed by atoms with Crippen molar-refractivity contribution in [2.75, 3.05) is 4.90 Å². The zero-order valence-electron chi connectivity index (χ0n) is 39.7. The fraction of sp³-hybridized carbons (Fsp3) is 0.0286. The predicted molar refractivity (Wildman–Crippen MR) is 306 cm³/mol. The van der Waals surface area contributed by atoms with Crippen LogP contribution in [-0.2, 0) is 6.42 Å². The maximum atomic E-state index is 2.52. The first kappa shape index (κ1) is 41.7. The van der Waals surface area contributed by atoms with Gasteiger partial charge in [0.15, 0.2) is 0 Å². The van der Waals surface area contributed by atoms with Gasteiger partial charge in [0.2, 0.25) is 0 Å². The lowest BCUT2D eigenvalue weighted by Gasteiger charge is -2.30. The van der Waals surface area contributed by atoms with E-state index in [4.69, 9.17) is 0 Å². The van der Waals surface area contributed by atoms with Crippen molar-refractivity contribution < 1.29 is 0 Å². The van der Waals surface area contributed by atoms with E-state index in [9.17, 15) is 0 Å². The summed E-state index contributed by atoms with van der Waals surface area (Å²) < 4.78 is 2.48. The van der Waals surface area contributed by atoms with Gasteiger partial charge in [0.1, 0.15) is 0 Å². The molecule has 13 aromatic rings. The highest BCUT2D eigenvalue weighted by Gasteiger charge is 2.24. The summed E-state index contributed by atoms with van der Waals surface area (Å²) in [5, 5.41) is 9.83. The van der Waals surface area contributed by atoms with Crippen LogP contribution >= 0.6 is 0 Å². The summed E-state index contributed by atoms with van der Waals surface area (Å²) in [6.45, 7) is 0. The minimum Gasteiger partial charge on any atom is -0.309 e. The smallest absolute Gasteiger partial charge is 0.0547 e. The Labute approximate surface area is 419 Å². The molecule has 0 spiro atoms. The molecule has 338 valence electrons. The number of allylic oxidation sites excluding steroid dienone is 1. The Hall–Kier alpha value is -9.24. The fourth-order valence-corrected chi connectivity index (χ4v) is 11.7. The van der Waals surface area contributed by atoms with Gasteiger partial charge >= 0.3 is 0 Å². The molecular weight excluding hydrogens is 869 g/mol. The van der Waals surface area contributed by atoms with Crippen LogP contribution in [0.5, 0.6) is 0 Å². The molecule has 0 bridgehead atoms. The van der Waals surface area contributed by atoms with Gasteiger partial charge in [-0.15, -0.1) is 0 Å². The second-order valence-electron chi connectivity index (χ2n) is 19.1. The summed E-state index contributed by atoms with van der Waals surface area (Å²) in [5.74, 6) is 0. The Morgan fingerprint density at radius 2 is 0.944 bits per heavy atom.